The van der Waals surface area contributed by atoms with Crippen LogP contribution in [-0.4, -0.2) is 23.4 Å². The van der Waals surface area contributed by atoms with Crippen LogP contribution in [0.1, 0.15) is 30.9 Å². The summed E-state index contributed by atoms with van der Waals surface area (Å²) in [7, 11) is 0. The molecule has 0 aromatic heterocycles. The molecule has 0 saturated carbocycles. The van der Waals surface area contributed by atoms with Gasteiger partial charge in [-0.05, 0) is 48.2 Å². The van der Waals surface area contributed by atoms with Crippen LogP contribution in [0, 0.1) is 6.92 Å². The van der Waals surface area contributed by atoms with Crippen molar-refractivity contribution in [3.05, 3.63) is 53.6 Å². The van der Waals surface area contributed by atoms with Crippen LogP contribution in [0.5, 0.6) is 5.75 Å². The molecule has 2 rings (SSSR count). The lowest BCUT2D eigenvalue weighted by Crippen LogP contribution is -2.05. The Morgan fingerprint density at radius 3 is 2.41 bits per heavy atom. The minimum absolute atomic E-state index is 0.134. The maximum absolute atomic E-state index is 9.46. The Labute approximate surface area is 132 Å². The average molecular weight is 302 g/mol. The molecule has 0 spiro atoms. The summed E-state index contributed by atoms with van der Waals surface area (Å²) in [5.41, 5.74) is 9.33. The maximum Gasteiger partial charge on any atom is 0.119 e. The molecule has 0 radical (unpaired) electrons. The van der Waals surface area contributed by atoms with E-state index in [0.29, 0.717) is 18.2 Å². The number of aliphatic hydroxyl groups is 1. The SMILES string of the molecule is Cc1ccc(C(C)C)c(O)c1.Nc1cccc(NCCO)c1. The number of aryl methyl sites for hydroxylation is 1. The third kappa shape index (κ3) is 6.06. The van der Waals surface area contributed by atoms with Gasteiger partial charge in [0.2, 0.25) is 0 Å². The standard InChI is InChI=1S/C10H14O.C8H12N2O/c1-7(2)9-5-4-8(3)6-10(9)11;9-7-2-1-3-8(6-7)10-4-5-11/h4-7,11H,1-3H3;1-3,6,10-11H,4-5,9H2. The number of hydrogen-bond donors (Lipinski definition) is 4. The van der Waals surface area contributed by atoms with Gasteiger partial charge in [-0.1, -0.05) is 32.0 Å². The number of nitrogen functional groups attached to an aromatic ring is 1. The normalized spacial score (nSPS) is 10.0. The molecule has 0 amide bonds. The highest BCUT2D eigenvalue weighted by Gasteiger charge is 2.03. The molecule has 5 N–H and O–H groups in total. The van der Waals surface area contributed by atoms with E-state index >= 15 is 0 Å². The minimum Gasteiger partial charge on any atom is -0.508 e. The van der Waals surface area contributed by atoms with Gasteiger partial charge in [0.1, 0.15) is 5.75 Å². The van der Waals surface area contributed by atoms with E-state index < -0.39 is 0 Å². The lowest BCUT2D eigenvalue weighted by atomic mass is 10.0. The fourth-order valence-electron chi connectivity index (χ4n) is 1.99. The molecule has 0 aliphatic rings. The summed E-state index contributed by atoms with van der Waals surface area (Å²) in [5.74, 6) is 0.815. The summed E-state index contributed by atoms with van der Waals surface area (Å²) < 4.78 is 0. The highest BCUT2D eigenvalue weighted by molar-refractivity contribution is 5.53. The second-order valence-electron chi connectivity index (χ2n) is 5.49. The van der Waals surface area contributed by atoms with Crippen LogP contribution in [0.3, 0.4) is 0 Å². The summed E-state index contributed by atoms with van der Waals surface area (Å²) in [6.07, 6.45) is 0. The van der Waals surface area contributed by atoms with Gasteiger partial charge in [-0.15, -0.1) is 0 Å². The van der Waals surface area contributed by atoms with E-state index in [4.69, 9.17) is 10.8 Å². The Morgan fingerprint density at radius 2 is 1.86 bits per heavy atom. The third-order valence-corrected chi connectivity index (χ3v) is 3.14. The number of rotatable bonds is 4. The number of nitrogens with one attached hydrogen (secondary N) is 1. The van der Waals surface area contributed by atoms with Crippen LogP contribution in [0.25, 0.3) is 0 Å². The molecule has 0 aliphatic heterocycles. The summed E-state index contributed by atoms with van der Waals surface area (Å²) in [6.45, 7) is 6.82. The quantitative estimate of drug-likeness (QED) is 0.652. The predicted octanol–water partition coefficient (Wildman–Crippen LogP) is 3.50. The van der Waals surface area contributed by atoms with Crippen molar-refractivity contribution in [1.29, 1.82) is 0 Å². The van der Waals surface area contributed by atoms with Crippen molar-refractivity contribution in [1.82, 2.24) is 0 Å². The number of phenolic OH excluding ortho intramolecular Hbond substituents is 1. The van der Waals surface area contributed by atoms with Crippen molar-refractivity contribution in [3.63, 3.8) is 0 Å². The van der Waals surface area contributed by atoms with Crippen LogP contribution in [0.4, 0.5) is 11.4 Å². The number of anilines is 2. The number of benzene rings is 2. The second-order valence-corrected chi connectivity index (χ2v) is 5.49. The molecule has 2 aromatic rings. The van der Waals surface area contributed by atoms with Crippen molar-refractivity contribution in [2.24, 2.45) is 0 Å². The molecule has 0 heterocycles. The summed E-state index contributed by atoms with van der Waals surface area (Å²) >= 11 is 0. The Kier molecular flexibility index (Phi) is 7.26. The minimum atomic E-state index is 0.134. The van der Waals surface area contributed by atoms with Gasteiger partial charge in [-0.3, -0.25) is 0 Å². The van der Waals surface area contributed by atoms with Crippen molar-refractivity contribution in [3.8, 4) is 5.75 Å². The Hall–Kier alpha value is -2.20. The summed E-state index contributed by atoms with van der Waals surface area (Å²) in [6, 6.07) is 13.2. The van der Waals surface area contributed by atoms with Crippen LogP contribution in [-0.2, 0) is 0 Å². The van der Waals surface area contributed by atoms with Crippen molar-refractivity contribution in [2.75, 3.05) is 24.2 Å². The van der Waals surface area contributed by atoms with E-state index in [2.05, 4.69) is 19.2 Å². The summed E-state index contributed by atoms with van der Waals surface area (Å²) in [5, 5.41) is 21.0. The zero-order valence-corrected chi connectivity index (χ0v) is 13.5. The summed E-state index contributed by atoms with van der Waals surface area (Å²) in [4.78, 5) is 0. The fourth-order valence-corrected chi connectivity index (χ4v) is 1.99. The largest absolute Gasteiger partial charge is 0.508 e. The van der Waals surface area contributed by atoms with E-state index in [-0.39, 0.29) is 6.61 Å². The van der Waals surface area contributed by atoms with Gasteiger partial charge in [0.25, 0.3) is 0 Å². The lowest BCUT2D eigenvalue weighted by molar-refractivity contribution is 0.311. The van der Waals surface area contributed by atoms with Gasteiger partial charge >= 0.3 is 0 Å². The van der Waals surface area contributed by atoms with E-state index in [1.54, 1.807) is 6.07 Å². The van der Waals surface area contributed by atoms with E-state index in [1.807, 2.05) is 43.3 Å². The zero-order valence-electron chi connectivity index (χ0n) is 13.5. The number of hydrogen-bond acceptors (Lipinski definition) is 4. The molecule has 0 atom stereocenters. The predicted molar refractivity (Wildman–Crippen MR) is 93.4 cm³/mol. The first-order chi connectivity index (χ1) is 10.4. The van der Waals surface area contributed by atoms with Crippen LogP contribution >= 0.6 is 0 Å². The van der Waals surface area contributed by atoms with Crippen LogP contribution in [0.15, 0.2) is 42.5 Å². The van der Waals surface area contributed by atoms with Crippen LogP contribution in [0.2, 0.25) is 0 Å². The van der Waals surface area contributed by atoms with Crippen molar-refractivity contribution in [2.45, 2.75) is 26.7 Å². The van der Waals surface area contributed by atoms with Gasteiger partial charge in [0, 0.05) is 17.9 Å². The first-order valence-electron chi connectivity index (χ1n) is 7.43. The fraction of sp³-hybridized carbons (Fsp3) is 0.333. The first kappa shape index (κ1) is 17.9. The van der Waals surface area contributed by atoms with Crippen molar-refractivity contribution < 1.29 is 10.2 Å². The molecule has 4 nitrogen and oxygen atoms in total. The Bertz CT molecular complexity index is 583. The number of aromatic hydroxyl groups is 1. The van der Waals surface area contributed by atoms with Crippen LogP contribution < -0.4 is 11.1 Å². The molecule has 22 heavy (non-hydrogen) atoms. The number of aliphatic hydroxyl groups excluding tert-OH is 1. The van der Waals surface area contributed by atoms with Gasteiger partial charge < -0.3 is 21.3 Å². The Balaban J connectivity index is 0.000000220. The van der Waals surface area contributed by atoms with Gasteiger partial charge in [-0.2, -0.15) is 0 Å². The van der Waals surface area contributed by atoms with Gasteiger partial charge in [0.15, 0.2) is 0 Å². The van der Waals surface area contributed by atoms with Gasteiger partial charge in [-0.25, -0.2) is 0 Å². The number of nitrogens with two attached hydrogens (primary N) is 1. The molecule has 4 heteroatoms. The van der Waals surface area contributed by atoms with E-state index in [9.17, 15) is 5.11 Å². The highest BCUT2D eigenvalue weighted by Crippen LogP contribution is 2.25. The highest BCUT2D eigenvalue weighted by atomic mass is 16.3. The molecule has 0 bridgehead atoms. The molecule has 0 unspecified atom stereocenters. The molecule has 0 saturated heterocycles. The van der Waals surface area contributed by atoms with Gasteiger partial charge in [0.05, 0.1) is 6.61 Å². The van der Waals surface area contributed by atoms with E-state index in [1.165, 1.54) is 0 Å². The third-order valence-electron chi connectivity index (χ3n) is 3.14. The second kappa shape index (κ2) is 8.95. The molecule has 2 aromatic carbocycles. The smallest absolute Gasteiger partial charge is 0.119 e. The van der Waals surface area contributed by atoms with E-state index in [0.717, 1.165) is 22.5 Å². The zero-order chi connectivity index (χ0) is 16.5. The maximum atomic E-state index is 9.46. The molecular weight excluding hydrogens is 276 g/mol. The topological polar surface area (TPSA) is 78.5 Å². The Morgan fingerprint density at radius 1 is 1.14 bits per heavy atom. The number of phenols is 1. The average Bonchev–Trinajstić information content (AvgIpc) is 2.45. The first-order valence-corrected chi connectivity index (χ1v) is 7.43. The molecule has 120 valence electrons. The molecule has 0 fully saturated rings. The monoisotopic (exact) mass is 302 g/mol. The van der Waals surface area contributed by atoms with Crippen molar-refractivity contribution >= 4 is 11.4 Å². The lowest BCUT2D eigenvalue weighted by Gasteiger charge is -2.07. The molecular formula is C18H26N2O2. The molecule has 0 aliphatic carbocycles.